The molecule has 0 aliphatic heterocycles. The predicted molar refractivity (Wildman–Crippen MR) is 103 cm³/mol. The van der Waals surface area contributed by atoms with Gasteiger partial charge in [0.2, 0.25) is 0 Å². The van der Waals surface area contributed by atoms with Crippen LogP contribution in [0.2, 0.25) is 0 Å². The minimum absolute atomic E-state index is 0.134. The van der Waals surface area contributed by atoms with Gasteiger partial charge in [0.25, 0.3) is 0 Å². The van der Waals surface area contributed by atoms with Gasteiger partial charge >= 0.3 is 11.9 Å². The molecule has 3 fully saturated rings. The number of fused-ring (bicyclic) bond motifs is 5. The lowest BCUT2D eigenvalue weighted by molar-refractivity contribution is -0.164. The molecule has 1 N–H and O–H groups in total. The van der Waals surface area contributed by atoms with Crippen LogP contribution in [0.15, 0.2) is 23.8 Å². The van der Waals surface area contributed by atoms with E-state index in [1.54, 1.807) is 12.5 Å². The molecule has 4 aliphatic rings. The number of esters is 1. The molecule has 27 heavy (non-hydrogen) atoms. The summed E-state index contributed by atoms with van der Waals surface area (Å²) in [5, 5.41) is 9.91. The van der Waals surface area contributed by atoms with Gasteiger partial charge in [-0.05, 0) is 62.7 Å². The van der Waals surface area contributed by atoms with Crippen molar-refractivity contribution in [3.63, 3.8) is 0 Å². The quantitative estimate of drug-likeness (QED) is 0.571. The average molecular weight is 373 g/mol. The van der Waals surface area contributed by atoms with Crippen molar-refractivity contribution in [1.82, 2.24) is 0 Å². The maximum absolute atomic E-state index is 12.1. The van der Waals surface area contributed by atoms with Crippen molar-refractivity contribution < 1.29 is 19.4 Å². The monoisotopic (exact) mass is 372 g/mol. The van der Waals surface area contributed by atoms with E-state index in [0.29, 0.717) is 30.8 Å². The smallest absolute Gasteiger partial charge is 0.307 e. The fourth-order valence-corrected chi connectivity index (χ4v) is 7.12. The van der Waals surface area contributed by atoms with Crippen LogP contribution in [-0.2, 0) is 14.3 Å². The molecule has 0 aromatic heterocycles. The van der Waals surface area contributed by atoms with E-state index in [9.17, 15) is 14.7 Å². The van der Waals surface area contributed by atoms with E-state index >= 15 is 0 Å². The maximum atomic E-state index is 12.1. The van der Waals surface area contributed by atoms with Crippen LogP contribution >= 0.6 is 0 Å². The van der Waals surface area contributed by atoms with Gasteiger partial charge in [-0.15, -0.1) is 0 Å². The van der Waals surface area contributed by atoms with Crippen molar-refractivity contribution in [2.45, 2.75) is 65.2 Å². The first-order valence-corrected chi connectivity index (χ1v) is 10.7. The Kier molecular flexibility index (Phi) is 4.72. The third kappa shape index (κ3) is 2.78. The molecule has 6 atom stereocenters. The van der Waals surface area contributed by atoms with Crippen molar-refractivity contribution in [1.29, 1.82) is 0 Å². The SMILES string of the molecule is CCC(=O)OC[C@]12CC[C@H]3[C@@H](CCC4=CCC=C[C@@]43C)[C@@H]1CC[C@@H]2C(=O)O. The Morgan fingerprint density at radius 3 is 2.78 bits per heavy atom. The molecule has 0 amide bonds. The second-order valence-corrected chi connectivity index (χ2v) is 9.32. The normalized spacial score (nSPS) is 42.5. The zero-order valence-corrected chi connectivity index (χ0v) is 16.6. The number of ether oxygens (including phenoxy) is 1. The Labute approximate surface area is 162 Å². The van der Waals surface area contributed by atoms with Crippen molar-refractivity contribution in [3.05, 3.63) is 23.8 Å². The average Bonchev–Trinajstić information content (AvgIpc) is 3.05. The molecule has 4 aliphatic carbocycles. The van der Waals surface area contributed by atoms with Crippen molar-refractivity contribution in [2.24, 2.45) is 34.5 Å². The third-order valence-electron chi connectivity index (χ3n) is 8.42. The highest BCUT2D eigenvalue weighted by Gasteiger charge is 2.62. The second-order valence-electron chi connectivity index (χ2n) is 9.32. The Balaban J connectivity index is 1.65. The molecule has 4 rings (SSSR count). The van der Waals surface area contributed by atoms with Gasteiger partial charge in [-0.25, -0.2) is 0 Å². The van der Waals surface area contributed by atoms with E-state index in [4.69, 9.17) is 4.74 Å². The second kappa shape index (κ2) is 6.79. The lowest BCUT2D eigenvalue weighted by Gasteiger charge is -2.57. The fraction of sp³-hybridized carbons (Fsp3) is 0.739. The first kappa shape index (κ1) is 18.8. The van der Waals surface area contributed by atoms with E-state index in [2.05, 4.69) is 25.2 Å². The van der Waals surface area contributed by atoms with E-state index in [0.717, 1.165) is 44.9 Å². The zero-order valence-electron chi connectivity index (χ0n) is 16.6. The number of rotatable bonds is 4. The highest BCUT2D eigenvalue weighted by molar-refractivity contribution is 5.72. The van der Waals surface area contributed by atoms with Gasteiger partial charge < -0.3 is 9.84 Å². The Hall–Kier alpha value is -1.58. The number of carboxylic acids is 1. The molecule has 0 unspecified atom stereocenters. The summed E-state index contributed by atoms with van der Waals surface area (Å²) in [6.07, 6.45) is 14.4. The van der Waals surface area contributed by atoms with Crippen LogP contribution in [0.4, 0.5) is 0 Å². The van der Waals surface area contributed by atoms with Gasteiger partial charge in [0.15, 0.2) is 0 Å². The summed E-state index contributed by atoms with van der Waals surface area (Å²) in [7, 11) is 0. The lowest BCUT2D eigenvalue weighted by atomic mass is 9.47. The molecular formula is C23H32O4. The number of hydrogen-bond acceptors (Lipinski definition) is 3. The standard InChI is InChI=1S/C23H32O4/c1-3-20(24)27-14-23-13-11-17-16(18(23)9-10-19(23)21(25)26)8-7-15-6-4-5-12-22(15,17)2/h5-6,12,16-19H,3-4,7-11,13-14H2,1-2H3,(H,25,26)/t16-,17+,18+,19-,22+,23-/m1/s1. The lowest BCUT2D eigenvalue weighted by Crippen LogP contribution is -2.53. The van der Waals surface area contributed by atoms with Gasteiger partial charge in [-0.1, -0.05) is 37.6 Å². The van der Waals surface area contributed by atoms with Crippen LogP contribution in [0.5, 0.6) is 0 Å². The molecule has 0 bridgehead atoms. The number of carbonyl (C=O) groups is 2. The topological polar surface area (TPSA) is 63.6 Å². The molecule has 0 aromatic carbocycles. The number of aliphatic carboxylic acids is 1. The van der Waals surface area contributed by atoms with Gasteiger partial charge in [0.05, 0.1) is 12.5 Å². The molecular weight excluding hydrogens is 340 g/mol. The van der Waals surface area contributed by atoms with Crippen LogP contribution in [-0.4, -0.2) is 23.7 Å². The number of hydrogen-bond donors (Lipinski definition) is 1. The van der Waals surface area contributed by atoms with Crippen molar-refractivity contribution in [3.8, 4) is 0 Å². The molecule has 0 radical (unpaired) electrons. The molecule has 0 spiro atoms. The number of allylic oxidation sites excluding steroid dienone is 4. The summed E-state index contributed by atoms with van der Waals surface area (Å²) in [6, 6.07) is 0. The van der Waals surface area contributed by atoms with Gasteiger partial charge in [-0.2, -0.15) is 0 Å². The Bertz CT molecular complexity index is 692. The van der Waals surface area contributed by atoms with E-state index in [-0.39, 0.29) is 22.7 Å². The van der Waals surface area contributed by atoms with Crippen LogP contribution in [0.3, 0.4) is 0 Å². The van der Waals surface area contributed by atoms with Crippen LogP contribution < -0.4 is 0 Å². The molecule has 148 valence electrons. The van der Waals surface area contributed by atoms with E-state index in [1.165, 1.54) is 0 Å². The summed E-state index contributed by atoms with van der Waals surface area (Å²) in [4.78, 5) is 23.9. The summed E-state index contributed by atoms with van der Waals surface area (Å²) in [6.45, 7) is 4.47. The molecule has 0 heterocycles. The van der Waals surface area contributed by atoms with Crippen molar-refractivity contribution >= 4 is 11.9 Å². The molecule has 0 aromatic rings. The van der Waals surface area contributed by atoms with Gasteiger partial charge in [-0.3, -0.25) is 9.59 Å². The van der Waals surface area contributed by atoms with Gasteiger partial charge in [0.1, 0.15) is 0 Å². The summed E-state index contributed by atoms with van der Waals surface area (Å²) in [5.41, 5.74) is 1.35. The minimum Gasteiger partial charge on any atom is -0.481 e. The molecule has 3 saturated carbocycles. The largest absolute Gasteiger partial charge is 0.481 e. The predicted octanol–water partition coefficient (Wildman–Crippen LogP) is 4.75. The first-order valence-electron chi connectivity index (χ1n) is 10.7. The zero-order chi connectivity index (χ0) is 19.2. The maximum Gasteiger partial charge on any atom is 0.307 e. The molecule has 4 nitrogen and oxygen atoms in total. The van der Waals surface area contributed by atoms with Crippen LogP contribution in [0.1, 0.15) is 65.2 Å². The molecule has 4 heteroatoms. The van der Waals surface area contributed by atoms with E-state index < -0.39 is 5.97 Å². The highest BCUT2D eigenvalue weighted by Crippen LogP contribution is 2.66. The Morgan fingerprint density at radius 2 is 2.04 bits per heavy atom. The molecule has 0 saturated heterocycles. The van der Waals surface area contributed by atoms with Crippen LogP contribution in [0, 0.1) is 34.5 Å². The number of carboxylic acid groups (broad SMARTS) is 1. The Morgan fingerprint density at radius 1 is 1.22 bits per heavy atom. The minimum atomic E-state index is -0.705. The van der Waals surface area contributed by atoms with Gasteiger partial charge in [0, 0.05) is 17.3 Å². The van der Waals surface area contributed by atoms with Crippen molar-refractivity contribution in [2.75, 3.05) is 6.61 Å². The summed E-state index contributed by atoms with van der Waals surface area (Å²) < 4.78 is 5.60. The third-order valence-corrected chi connectivity index (χ3v) is 8.42. The van der Waals surface area contributed by atoms with E-state index in [1.807, 2.05) is 0 Å². The summed E-state index contributed by atoms with van der Waals surface area (Å²) >= 11 is 0. The van der Waals surface area contributed by atoms with Crippen LogP contribution in [0.25, 0.3) is 0 Å². The fourth-order valence-electron chi connectivity index (χ4n) is 7.12. The highest BCUT2D eigenvalue weighted by atomic mass is 16.5. The number of carbonyl (C=O) groups excluding carboxylic acids is 1. The first-order chi connectivity index (χ1) is 12.9. The summed E-state index contributed by atoms with van der Waals surface area (Å²) in [5.74, 6) is 0.186.